The average molecular weight is 238 g/mol. The van der Waals surface area contributed by atoms with Gasteiger partial charge in [0, 0.05) is 19.1 Å². The predicted molar refractivity (Wildman–Crippen MR) is 62.6 cm³/mol. The summed E-state index contributed by atoms with van der Waals surface area (Å²) in [6.07, 6.45) is 5.22. The molecule has 0 bridgehead atoms. The lowest BCUT2D eigenvalue weighted by Gasteiger charge is -2.24. The van der Waals surface area contributed by atoms with Gasteiger partial charge in [-0.15, -0.1) is 0 Å². The van der Waals surface area contributed by atoms with Gasteiger partial charge in [-0.05, 0) is 19.4 Å². The van der Waals surface area contributed by atoms with Crippen LogP contribution in [0.2, 0.25) is 0 Å². The van der Waals surface area contributed by atoms with Gasteiger partial charge in [0.05, 0.1) is 19.1 Å². The van der Waals surface area contributed by atoms with Crippen molar-refractivity contribution < 1.29 is 9.90 Å². The summed E-state index contributed by atoms with van der Waals surface area (Å²) < 4.78 is 0. The van der Waals surface area contributed by atoms with Crippen molar-refractivity contribution in [3.63, 3.8) is 0 Å². The summed E-state index contributed by atoms with van der Waals surface area (Å²) >= 11 is 0. The lowest BCUT2D eigenvalue weighted by molar-refractivity contribution is 0.0701. The highest BCUT2D eigenvalue weighted by Crippen LogP contribution is 2.09. The third kappa shape index (κ3) is 3.04. The Morgan fingerprint density at radius 2 is 2.53 bits per heavy atom. The molecule has 1 amide bonds. The topological polar surface area (TPSA) is 81.2 Å². The molecule has 1 aromatic rings. The van der Waals surface area contributed by atoms with E-state index >= 15 is 0 Å². The number of aromatic amines is 1. The Morgan fingerprint density at radius 1 is 1.65 bits per heavy atom. The SMILES string of the molecule is O=C(c1cnc[nH]1)N(CCO)CC1CCCN1. The molecule has 2 heterocycles. The van der Waals surface area contributed by atoms with Crippen molar-refractivity contribution >= 4 is 5.91 Å². The molecule has 0 aromatic carbocycles. The summed E-state index contributed by atoms with van der Waals surface area (Å²) in [5, 5.41) is 12.4. The lowest BCUT2D eigenvalue weighted by atomic mass is 10.2. The summed E-state index contributed by atoms with van der Waals surface area (Å²) in [5.41, 5.74) is 0.469. The molecule has 1 fully saturated rings. The summed E-state index contributed by atoms with van der Waals surface area (Å²) in [6.45, 7) is 1.98. The smallest absolute Gasteiger partial charge is 0.272 e. The number of hydrogen-bond acceptors (Lipinski definition) is 4. The highest BCUT2D eigenvalue weighted by Gasteiger charge is 2.22. The number of aliphatic hydroxyl groups is 1. The number of carbonyl (C=O) groups is 1. The van der Waals surface area contributed by atoms with Gasteiger partial charge in [0.2, 0.25) is 0 Å². The van der Waals surface area contributed by atoms with E-state index in [0.717, 1.165) is 19.4 Å². The molecule has 3 N–H and O–H groups in total. The van der Waals surface area contributed by atoms with Crippen LogP contribution in [0.1, 0.15) is 23.3 Å². The van der Waals surface area contributed by atoms with Crippen LogP contribution in [0, 0.1) is 0 Å². The zero-order chi connectivity index (χ0) is 12.1. The summed E-state index contributed by atoms with van der Waals surface area (Å²) in [6, 6.07) is 0.341. The van der Waals surface area contributed by atoms with E-state index in [1.807, 2.05) is 0 Å². The number of nitrogens with one attached hydrogen (secondary N) is 2. The fourth-order valence-electron chi connectivity index (χ4n) is 2.12. The van der Waals surface area contributed by atoms with E-state index in [1.54, 1.807) is 4.90 Å². The number of hydrogen-bond donors (Lipinski definition) is 3. The van der Waals surface area contributed by atoms with E-state index in [4.69, 9.17) is 5.11 Å². The predicted octanol–water partition coefficient (Wildman–Crippen LogP) is -0.404. The van der Waals surface area contributed by atoms with Crippen LogP contribution in [0.25, 0.3) is 0 Å². The van der Waals surface area contributed by atoms with E-state index in [-0.39, 0.29) is 12.5 Å². The standard InChI is InChI=1S/C11H18N4O2/c16-5-4-15(7-9-2-1-3-13-9)11(17)10-6-12-8-14-10/h6,8-9,13,16H,1-5,7H2,(H,12,14). The number of aromatic nitrogens is 2. The van der Waals surface area contributed by atoms with Crippen molar-refractivity contribution in [1.29, 1.82) is 0 Å². The molecular formula is C11H18N4O2. The normalized spacial score (nSPS) is 19.5. The van der Waals surface area contributed by atoms with E-state index in [1.165, 1.54) is 12.5 Å². The zero-order valence-electron chi connectivity index (χ0n) is 9.72. The van der Waals surface area contributed by atoms with Gasteiger partial charge >= 0.3 is 0 Å². The number of rotatable bonds is 5. The third-order valence-corrected chi connectivity index (χ3v) is 2.99. The minimum atomic E-state index is -0.106. The van der Waals surface area contributed by atoms with Crippen molar-refractivity contribution in [2.24, 2.45) is 0 Å². The summed E-state index contributed by atoms with van der Waals surface area (Å²) in [7, 11) is 0. The van der Waals surface area contributed by atoms with Gasteiger partial charge in [0.15, 0.2) is 0 Å². The first-order valence-corrected chi connectivity index (χ1v) is 5.93. The van der Waals surface area contributed by atoms with Crippen LogP contribution < -0.4 is 5.32 Å². The molecule has 1 aliphatic heterocycles. The highest BCUT2D eigenvalue weighted by molar-refractivity contribution is 5.92. The number of imidazole rings is 1. The van der Waals surface area contributed by atoms with E-state index in [9.17, 15) is 4.79 Å². The minimum Gasteiger partial charge on any atom is -0.395 e. The molecule has 17 heavy (non-hydrogen) atoms. The maximum atomic E-state index is 12.1. The van der Waals surface area contributed by atoms with E-state index < -0.39 is 0 Å². The molecule has 94 valence electrons. The Hall–Kier alpha value is -1.40. The minimum absolute atomic E-state index is 0.0212. The molecule has 1 saturated heterocycles. The second kappa shape index (κ2) is 5.79. The second-order valence-electron chi connectivity index (χ2n) is 4.23. The fraction of sp³-hybridized carbons (Fsp3) is 0.636. The number of carbonyl (C=O) groups excluding carboxylic acids is 1. The molecule has 0 aliphatic carbocycles. The number of amides is 1. The molecule has 2 rings (SSSR count). The average Bonchev–Trinajstić information content (AvgIpc) is 3.00. The van der Waals surface area contributed by atoms with Gasteiger partial charge in [0.1, 0.15) is 5.69 Å². The van der Waals surface area contributed by atoms with Crippen molar-refractivity contribution in [2.45, 2.75) is 18.9 Å². The molecular weight excluding hydrogens is 220 g/mol. The molecule has 6 nitrogen and oxygen atoms in total. The van der Waals surface area contributed by atoms with Gasteiger partial charge in [-0.1, -0.05) is 0 Å². The van der Waals surface area contributed by atoms with Crippen LogP contribution in [0.5, 0.6) is 0 Å². The number of nitrogens with zero attached hydrogens (tertiary/aromatic N) is 2. The van der Waals surface area contributed by atoms with Crippen molar-refractivity contribution in [3.8, 4) is 0 Å². The fourth-order valence-corrected chi connectivity index (χ4v) is 2.12. The van der Waals surface area contributed by atoms with Gasteiger partial charge in [-0.3, -0.25) is 4.79 Å². The van der Waals surface area contributed by atoms with Gasteiger partial charge in [-0.25, -0.2) is 4.98 Å². The van der Waals surface area contributed by atoms with E-state index in [0.29, 0.717) is 24.8 Å². The molecule has 0 radical (unpaired) electrons. The van der Waals surface area contributed by atoms with Crippen LogP contribution >= 0.6 is 0 Å². The van der Waals surface area contributed by atoms with Crippen LogP contribution in [0.4, 0.5) is 0 Å². The largest absolute Gasteiger partial charge is 0.395 e. The van der Waals surface area contributed by atoms with Crippen LogP contribution in [-0.4, -0.2) is 58.2 Å². The molecule has 1 aromatic heterocycles. The molecule has 1 unspecified atom stereocenters. The summed E-state index contributed by atoms with van der Waals surface area (Å²) in [4.78, 5) is 20.4. The van der Waals surface area contributed by atoms with Crippen LogP contribution in [0.3, 0.4) is 0 Å². The molecule has 0 spiro atoms. The van der Waals surface area contributed by atoms with Gasteiger partial charge in [-0.2, -0.15) is 0 Å². The maximum Gasteiger partial charge on any atom is 0.272 e. The quantitative estimate of drug-likeness (QED) is 0.652. The molecule has 0 saturated carbocycles. The first-order chi connectivity index (χ1) is 8.31. The Morgan fingerprint density at radius 3 is 3.12 bits per heavy atom. The molecule has 1 atom stereocenters. The lowest BCUT2D eigenvalue weighted by Crippen LogP contribution is -2.42. The maximum absolute atomic E-state index is 12.1. The highest BCUT2D eigenvalue weighted by atomic mass is 16.3. The second-order valence-corrected chi connectivity index (χ2v) is 4.23. The van der Waals surface area contributed by atoms with Crippen molar-refractivity contribution in [1.82, 2.24) is 20.2 Å². The first kappa shape index (κ1) is 12.1. The Balaban J connectivity index is 1.98. The van der Waals surface area contributed by atoms with Gasteiger partial charge in [0.25, 0.3) is 5.91 Å². The molecule has 1 aliphatic rings. The Kier molecular flexibility index (Phi) is 4.11. The van der Waals surface area contributed by atoms with Crippen LogP contribution in [0.15, 0.2) is 12.5 Å². The van der Waals surface area contributed by atoms with E-state index in [2.05, 4.69) is 15.3 Å². The monoisotopic (exact) mass is 238 g/mol. The number of H-pyrrole nitrogens is 1. The number of aliphatic hydroxyl groups excluding tert-OH is 1. The van der Waals surface area contributed by atoms with Crippen molar-refractivity contribution in [2.75, 3.05) is 26.2 Å². The zero-order valence-corrected chi connectivity index (χ0v) is 9.72. The molecule has 6 heteroatoms. The van der Waals surface area contributed by atoms with Gasteiger partial charge < -0.3 is 20.3 Å². The first-order valence-electron chi connectivity index (χ1n) is 5.93. The summed E-state index contributed by atoms with van der Waals surface area (Å²) in [5.74, 6) is -0.106. The van der Waals surface area contributed by atoms with Crippen LogP contribution in [-0.2, 0) is 0 Å². The van der Waals surface area contributed by atoms with Crippen molar-refractivity contribution in [3.05, 3.63) is 18.2 Å². The Bertz CT molecular complexity index is 346. The Labute approximate surface area is 100 Å². The third-order valence-electron chi connectivity index (χ3n) is 2.99.